The molecule has 0 aromatic heterocycles. The zero-order valence-corrected chi connectivity index (χ0v) is 9.14. The molecule has 0 fully saturated rings. The topological polar surface area (TPSA) is 49.3 Å². The molecule has 0 saturated heterocycles. The number of hydrogen-bond donors (Lipinski definition) is 2. The molecule has 0 aliphatic rings. The minimum atomic E-state index is -0.273. The van der Waals surface area contributed by atoms with E-state index < -0.39 is 0 Å². The summed E-state index contributed by atoms with van der Waals surface area (Å²) in [4.78, 5) is 11.6. The number of phenols is 1. The highest BCUT2D eigenvalue weighted by atomic mass is 35.5. The van der Waals surface area contributed by atoms with Crippen molar-refractivity contribution in [2.24, 2.45) is 0 Å². The Morgan fingerprint density at radius 3 is 2.87 bits per heavy atom. The van der Waals surface area contributed by atoms with Crippen molar-refractivity contribution in [2.45, 2.75) is 6.92 Å². The SMILES string of the molecule is C=C(Cl)CNC(=O)c1cccc(O)c1C. The van der Waals surface area contributed by atoms with Gasteiger partial charge in [0.05, 0.1) is 6.54 Å². The van der Waals surface area contributed by atoms with E-state index in [1.807, 2.05) is 0 Å². The summed E-state index contributed by atoms with van der Waals surface area (Å²) < 4.78 is 0. The summed E-state index contributed by atoms with van der Waals surface area (Å²) in [6, 6.07) is 4.79. The van der Waals surface area contributed by atoms with Crippen molar-refractivity contribution in [3.8, 4) is 5.75 Å². The number of benzene rings is 1. The van der Waals surface area contributed by atoms with Gasteiger partial charge in [0.1, 0.15) is 5.75 Å². The Balaban J connectivity index is 2.82. The van der Waals surface area contributed by atoms with Gasteiger partial charge in [-0.1, -0.05) is 24.2 Å². The van der Waals surface area contributed by atoms with Crippen LogP contribution in [0.3, 0.4) is 0 Å². The lowest BCUT2D eigenvalue weighted by Crippen LogP contribution is -2.25. The number of amides is 1. The van der Waals surface area contributed by atoms with Crippen molar-refractivity contribution in [1.82, 2.24) is 5.32 Å². The van der Waals surface area contributed by atoms with Crippen LogP contribution in [0.25, 0.3) is 0 Å². The van der Waals surface area contributed by atoms with Gasteiger partial charge in [-0.25, -0.2) is 0 Å². The standard InChI is InChI=1S/C11H12ClNO2/c1-7(12)6-13-11(15)9-4-3-5-10(14)8(9)2/h3-5,14H,1,6H2,2H3,(H,13,15). The maximum atomic E-state index is 11.6. The van der Waals surface area contributed by atoms with Crippen LogP contribution in [-0.2, 0) is 0 Å². The molecule has 0 unspecified atom stereocenters. The molecule has 3 nitrogen and oxygen atoms in total. The quantitative estimate of drug-likeness (QED) is 0.829. The molecular formula is C11H12ClNO2. The summed E-state index contributed by atoms with van der Waals surface area (Å²) in [6.45, 7) is 5.36. The fraction of sp³-hybridized carbons (Fsp3) is 0.182. The lowest BCUT2D eigenvalue weighted by Gasteiger charge is -2.07. The number of rotatable bonds is 3. The molecule has 1 aromatic rings. The van der Waals surface area contributed by atoms with Gasteiger partial charge in [-0.05, 0) is 19.1 Å². The number of nitrogens with one attached hydrogen (secondary N) is 1. The maximum Gasteiger partial charge on any atom is 0.251 e. The second kappa shape index (κ2) is 4.84. The molecule has 15 heavy (non-hydrogen) atoms. The Bertz CT molecular complexity index is 402. The van der Waals surface area contributed by atoms with Gasteiger partial charge in [0.15, 0.2) is 0 Å². The van der Waals surface area contributed by atoms with Gasteiger partial charge in [0.2, 0.25) is 0 Å². The van der Waals surface area contributed by atoms with Crippen molar-refractivity contribution >= 4 is 17.5 Å². The fourth-order valence-corrected chi connectivity index (χ4v) is 1.21. The van der Waals surface area contributed by atoms with E-state index in [9.17, 15) is 9.90 Å². The second-order valence-electron chi connectivity index (χ2n) is 3.15. The van der Waals surface area contributed by atoms with Gasteiger partial charge in [-0.3, -0.25) is 4.79 Å². The van der Waals surface area contributed by atoms with Crippen molar-refractivity contribution in [2.75, 3.05) is 6.54 Å². The van der Waals surface area contributed by atoms with E-state index in [2.05, 4.69) is 11.9 Å². The van der Waals surface area contributed by atoms with Crippen LogP contribution < -0.4 is 5.32 Å². The van der Waals surface area contributed by atoms with Gasteiger partial charge < -0.3 is 10.4 Å². The molecule has 4 heteroatoms. The molecule has 1 aromatic carbocycles. The Morgan fingerprint density at radius 1 is 1.60 bits per heavy atom. The fourth-order valence-electron chi connectivity index (χ4n) is 1.14. The molecule has 2 N–H and O–H groups in total. The predicted octanol–water partition coefficient (Wildman–Crippen LogP) is 2.18. The lowest BCUT2D eigenvalue weighted by atomic mass is 10.1. The van der Waals surface area contributed by atoms with Gasteiger partial charge in [-0.15, -0.1) is 0 Å². The van der Waals surface area contributed by atoms with Crippen LogP contribution in [0.1, 0.15) is 15.9 Å². The monoisotopic (exact) mass is 225 g/mol. The molecule has 1 rings (SSSR count). The summed E-state index contributed by atoms with van der Waals surface area (Å²) in [6.07, 6.45) is 0. The number of halogens is 1. The number of hydrogen-bond acceptors (Lipinski definition) is 2. The number of carbonyl (C=O) groups is 1. The van der Waals surface area contributed by atoms with Gasteiger partial charge in [-0.2, -0.15) is 0 Å². The number of carbonyl (C=O) groups excluding carboxylic acids is 1. The van der Waals surface area contributed by atoms with Crippen LogP contribution in [0, 0.1) is 6.92 Å². The molecule has 80 valence electrons. The predicted molar refractivity (Wildman–Crippen MR) is 60.2 cm³/mol. The zero-order valence-electron chi connectivity index (χ0n) is 8.38. The number of phenolic OH excluding ortho intramolecular Hbond substituents is 1. The first-order chi connectivity index (χ1) is 7.02. The third kappa shape index (κ3) is 2.99. The first-order valence-corrected chi connectivity index (χ1v) is 4.80. The van der Waals surface area contributed by atoms with E-state index in [1.54, 1.807) is 19.1 Å². The smallest absolute Gasteiger partial charge is 0.251 e. The van der Waals surface area contributed by atoms with Crippen LogP contribution in [-0.4, -0.2) is 17.6 Å². The average Bonchev–Trinajstić information content (AvgIpc) is 2.18. The first-order valence-electron chi connectivity index (χ1n) is 4.42. The minimum absolute atomic E-state index is 0.104. The van der Waals surface area contributed by atoms with Crippen LogP contribution in [0.15, 0.2) is 29.8 Å². The molecule has 0 bridgehead atoms. The van der Waals surface area contributed by atoms with Gasteiger partial charge in [0, 0.05) is 16.2 Å². The molecule has 0 aliphatic heterocycles. The van der Waals surface area contributed by atoms with Gasteiger partial charge in [0.25, 0.3) is 5.91 Å². The Morgan fingerprint density at radius 2 is 2.27 bits per heavy atom. The Kier molecular flexibility index (Phi) is 3.74. The zero-order chi connectivity index (χ0) is 11.4. The summed E-state index contributed by atoms with van der Waals surface area (Å²) >= 11 is 5.52. The highest BCUT2D eigenvalue weighted by Gasteiger charge is 2.10. The van der Waals surface area contributed by atoms with Crippen molar-refractivity contribution in [3.05, 3.63) is 40.9 Å². The van der Waals surface area contributed by atoms with E-state index in [4.69, 9.17) is 11.6 Å². The summed E-state index contributed by atoms with van der Waals surface area (Å²) in [7, 11) is 0. The lowest BCUT2D eigenvalue weighted by molar-refractivity contribution is 0.0956. The molecule has 0 heterocycles. The number of aromatic hydroxyl groups is 1. The third-order valence-corrected chi connectivity index (χ3v) is 2.12. The summed E-state index contributed by atoms with van der Waals surface area (Å²) in [5.41, 5.74) is 0.989. The van der Waals surface area contributed by atoms with Crippen molar-refractivity contribution in [3.63, 3.8) is 0 Å². The van der Waals surface area contributed by atoms with Crippen LogP contribution in [0.4, 0.5) is 0 Å². The van der Waals surface area contributed by atoms with E-state index in [1.165, 1.54) is 6.07 Å². The average molecular weight is 226 g/mol. The molecule has 0 saturated carbocycles. The Labute approximate surface area is 93.4 Å². The summed E-state index contributed by atoms with van der Waals surface area (Å²) in [5, 5.41) is 12.3. The van der Waals surface area contributed by atoms with Crippen LogP contribution in [0.2, 0.25) is 0 Å². The normalized spacial score (nSPS) is 9.73. The van der Waals surface area contributed by atoms with E-state index in [0.29, 0.717) is 16.2 Å². The highest BCUT2D eigenvalue weighted by molar-refractivity contribution is 6.29. The van der Waals surface area contributed by atoms with E-state index in [0.717, 1.165) is 0 Å². The molecule has 1 amide bonds. The van der Waals surface area contributed by atoms with E-state index >= 15 is 0 Å². The molecule has 0 atom stereocenters. The van der Waals surface area contributed by atoms with Crippen LogP contribution in [0.5, 0.6) is 5.75 Å². The van der Waals surface area contributed by atoms with Crippen molar-refractivity contribution in [1.29, 1.82) is 0 Å². The highest BCUT2D eigenvalue weighted by Crippen LogP contribution is 2.19. The molecule has 0 aliphatic carbocycles. The largest absolute Gasteiger partial charge is 0.508 e. The van der Waals surface area contributed by atoms with Crippen molar-refractivity contribution < 1.29 is 9.90 Å². The second-order valence-corrected chi connectivity index (χ2v) is 3.68. The molecular weight excluding hydrogens is 214 g/mol. The maximum absolute atomic E-state index is 11.6. The summed E-state index contributed by atoms with van der Waals surface area (Å²) in [5.74, 6) is -0.169. The molecule has 0 radical (unpaired) electrons. The van der Waals surface area contributed by atoms with Gasteiger partial charge >= 0.3 is 0 Å². The third-order valence-electron chi connectivity index (χ3n) is 1.99. The van der Waals surface area contributed by atoms with Crippen LogP contribution >= 0.6 is 11.6 Å². The molecule has 0 spiro atoms. The van der Waals surface area contributed by atoms with E-state index in [-0.39, 0.29) is 18.2 Å². The Hall–Kier alpha value is -1.48. The first kappa shape index (κ1) is 11.6. The minimum Gasteiger partial charge on any atom is -0.508 e.